The van der Waals surface area contributed by atoms with E-state index in [-0.39, 0.29) is 18.0 Å². The first-order chi connectivity index (χ1) is 8.24. The first kappa shape index (κ1) is 10.7. The summed E-state index contributed by atoms with van der Waals surface area (Å²) in [5.41, 5.74) is 6.93. The molecule has 0 radical (unpaired) electrons. The highest BCUT2D eigenvalue weighted by molar-refractivity contribution is 7.09. The Hall–Kier alpha value is -1.46. The smallest absolute Gasteiger partial charge is 0.152 e. The number of hydrogen-bond donors (Lipinski definition) is 1. The second-order valence-corrected chi connectivity index (χ2v) is 4.93. The fourth-order valence-electron chi connectivity index (χ4n) is 2.02. The van der Waals surface area contributed by atoms with Crippen LogP contribution in [0.2, 0.25) is 0 Å². The van der Waals surface area contributed by atoms with Crippen molar-refractivity contribution in [2.75, 3.05) is 0 Å². The van der Waals surface area contributed by atoms with Crippen LogP contribution in [-0.2, 0) is 0 Å². The molecule has 2 heterocycles. The van der Waals surface area contributed by atoms with Gasteiger partial charge in [0.15, 0.2) is 6.10 Å². The van der Waals surface area contributed by atoms with Gasteiger partial charge < -0.3 is 10.5 Å². The number of thiazole rings is 1. The van der Waals surface area contributed by atoms with Gasteiger partial charge in [0.1, 0.15) is 16.6 Å². The molecule has 2 aromatic rings. The van der Waals surface area contributed by atoms with E-state index in [9.17, 15) is 4.39 Å². The number of aromatic nitrogens is 1. The summed E-state index contributed by atoms with van der Waals surface area (Å²) in [5.74, 6) is 0.222. The maximum atomic E-state index is 13.2. The third-order valence-electron chi connectivity index (χ3n) is 2.84. The van der Waals surface area contributed by atoms with Gasteiger partial charge in [0.05, 0.1) is 0 Å². The maximum absolute atomic E-state index is 13.2. The van der Waals surface area contributed by atoms with Crippen LogP contribution in [0, 0.1) is 5.82 Å². The number of ether oxygens (including phenoxy) is 1. The van der Waals surface area contributed by atoms with Gasteiger partial charge in [-0.15, -0.1) is 11.3 Å². The zero-order chi connectivity index (χ0) is 11.8. The number of fused-ring (bicyclic) bond motifs is 1. The molecule has 0 fully saturated rings. The van der Waals surface area contributed by atoms with Gasteiger partial charge in [-0.05, 0) is 6.07 Å². The van der Waals surface area contributed by atoms with Gasteiger partial charge in [0.25, 0.3) is 0 Å². The highest BCUT2D eigenvalue weighted by atomic mass is 32.1. The fourth-order valence-corrected chi connectivity index (χ4v) is 2.70. The number of hydrogen-bond acceptors (Lipinski definition) is 4. The van der Waals surface area contributed by atoms with Gasteiger partial charge in [-0.3, -0.25) is 0 Å². The summed E-state index contributed by atoms with van der Waals surface area (Å²) in [6.07, 6.45) is 2.24. The summed E-state index contributed by atoms with van der Waals surface area (Å²) >= 11 is 1.52. The molecule has 2 unspecified atom stereocenters. The number of benzene rings is 1. The molecule has 2 N–H and O–H groups in total. The van der Waals surface area contributed by atoms with Crippen molar-refractivity contribution < 1.29 is 9.13 Å². The van der Waals surface area contributed by atoms with E-state index in [1.807, 2.05) is 5.38 Å². The van der Waals surface area contributed by atoms with E-state index in [0.29, 0.717) is 12.2 Å². The lowest BCUT2D eigenvalue weighted by atomic mass is 9.97. The quantitative estimate of drug-likeness (QED) is 0.846. The van der Waals surface area contributed by atoms with Gasteiger partial charge in [0, 0.05) is 35.7 Å². The second-order valence-electron chi connectivity index (χ2n) is 4.00. The molecule has 1 aliphatic rings. The zero-order valence-electron chi connectivity index (χ0n) is 8.97. The summed E-state index contributed by atoms with van der Waals surface area (Å²) in [7, 11) is 0. The van der Waals surface area contributed by atoms with Gasteiger partial charge >= 0.3 is 0 Å². The second kappa shape index (κ2) is 4.09. The van der Waals surface area contributed by atoms with Crippen LogP contribution in [0.4, 0.5) is 4.39 Å². The van der Waals surface area contributed by atoms with Crippen LogP contribution in [0.1, 0.15) is 29.1 Å². The molecule has 1 aliphatic heterocycles. The summed E-state index contributed by atoms with van der Waals surface area (Å²) in [5, 5.41) is 2.78. The van der Waals surface area contributed by atoms with Crippen molar-refractivity contribution in [3.63, 3.8) is 0 Å². The minimum Gasteiger partial charge on any atom is -0.483 e. The monoisotopic (exact) mass is 250 g/mol. The van der Waals surface area contributed by atoms with Crippen LogP contribution < -0.4 is 10.5 Å². The highest BCUT2D eigenvalue weighted by Gasteiger charge is 2.28. The maximum Gasteiger partial charge on any atom is 0.152 e. The lowest BCUT2D eigenvalue weighted by molar-refractivity contribution is 0.160. The van der Waals surface area contributed by atoms with Gasteiger partial charge in [-0.25, -0.2) is 9.37 Å². The van der Waals surface area contributed by atoms with Crippen LogP contribution in [0.3, 0.4) is 0 Å². The molecule has 0 spiro atoms. The Morgan fingerprint density at radius 1 is 1.47 bits per heavy atom. The molecule has 0 aliphatic carbocycles. The van der Waals surface area contributed by atoms with Crippen molar-refractivity contribution in [1.82, 2.24) is 4.98 Å². The summed E-state index contributed by atoms with van der Waals surface area (Å²) in [6, 6.07) is 4.35. The lowest BCUT2D eigenvalue weighted by Crippen LogP contribution is -2.24. The number of nitrogens with two attached hydrogens (primary N) is 1. The normalized spacial score (nSPS) is 22.9. The van der Waals surface area contributed by atoms with Crippen molar-refractivity contribution in [1.29, 1.82) is 0 Å². The predicted molar refractivity (Wildman–Crippen MR) is 63.4 cm³/mol. The number of rotatable bonds is 1. The minimum absolute atomic E-state index is 0.131. The van der Waals surface area contributed by atoms with Crippen molar-refractivity contribution in [2.45, 2.75) is 18.6 Å². The van der Waals surface area contributed by atoms with E-state index in [1.54, 1.807) is 12.3 Å². The van der Waals surface area contributed by atoms with Crippen LogP contribution >= 0.6 is 11.3 Å². The SMILES string of the molecule is NC1CC(c2nccs2)Oc2cc(F)ccc21. The Morgan fingerprint density at radius 2 is 2.35 bits per heavy atom. The Labute approximate surface area is 102 Å². The molecule has 3 nitrogen and oxygen atoms in total. The Bertz CT molecular complexity index is 529. The number of nitrogens with zero attached hydrogens (tertiary/aromatic N) is 1. The Balaban J connectivity index is 1.97. The highest BCUT2D eigenvalue weighted by Crippen LogP contribution is 2.40. The van der Waals surface area contributed by atoms with E-state index >= 15 is 0 Å². The summed E-state index contributed by atoms with van der Waals surface area (Å²) < 4.78 is 18.9. The lowest BCUT2D eigenvalue weighted by Gasteiger charge is -2.29. The first-order valence-electron chi connectivity index (χ1n) is 5.35. The Morgan fingerprint density at radius 3 is 3.12 bits per heavy atom. The largest absolute Gasteiger partial charge is 0.483 e. The van der Waals surface area contributed by atoms with Crippen LogP contribution in [0.5, 0.6) is 5.75 Å². The van der Waals surface area contributed by atoms with Gasteiger partial charge in [0.2, 0.25) is 0 Å². The standard InChI is InChI=1S/C12H11FN2OS/c13-7-1-2-8-9(14)6-11(16-10(8)5-7)12-15-3-4-17-12/h1-5,9,11H,6,14H2. The topological polar surface area (TPSA) is 48.1 Å². The average molecular weight is 250 g/mol. The summed E-state index contributed by atoms with van der Waals surface area (Å²) in [6.45, 7) is 0. The van der Waals surface area contributed by atoms with Crippen LogP contribution in [0.15, 0.2) is 29.8 Å². The molecule has 0 saturated heterocycles. The molecular formula is C12H11FN2OS. The molecule has 17 heavy (non-hydrogen) atoms. The molecule has 0 bridgehead atoms. The third kappa shape index (κ3) is 1.92. The average Bonchev–Trinajstić information content (AvgIpc) is 2.81. The molecule has 1 aromatic carbocycles. The number of halogens is 1. The van der Waals surface area contributed by atoms with Crippen molar-refractivity contribution >= 4 is 11.3 Å². The molecule has 0 amide bonds. The van der Waals surface area contributed by atoms with Gasteiger partial charge in [-0.2, -0.15) is 0 Å². The van der Waals surface area contributed by atoms with Crippen LogP contribution in [0.25, 0.3) is 0 Å². The van der Waals surface area contributed by atoms with Crippen molar-refractivity contribution in [3.8, 4) is 5.75 Å². The molecular weight excluding hydrogens is 239 g/mol. The molecule has 3 rings (SSSR count). The van der Waals surface area contributed by atoms with E-state index < -0.39 is 0 Å². The Kier molecular flexibility index (Phi) is 2.57. The minimum atomic E-state index is -0.310. The van der Waals surface area contributed by atoms with E-state index in [2.05, 4.69) is 4.98 Å². The summed E-state index contributed by atoms with van der Waals surface area (Å²) in [4.78, 5) is 4.21. The fraction of sp³-hybridized carbons (Fsp3) is 0.250. The van der Waals surface area contributed by atoms with Gasteiger partial charge in [-0.1, -0.05) is 6.07 Å². The van der Waals surface area contributed by atoms with Crippen molar-refractivity contribution in [2.24, 2.45) is 5.73 Å². The van der Waals surface area contributed by atoms with Crippen LogP contribution in [-0.4, -0.2) is 4.98 Å². The van der Waals surface area contributed by atoms with Crippen molar-refractivity contribution in [3.05, 3.63) is 46.2 Å². The first-order valence-corrected chi connectivity index (χ1v) is 6.23. The van der Waals surface area contributed by atoms with E-state index in [0.717, 1.165) is 10.6 Å². The molecule has 5 heteroatoms. The van der Waals surface area contributed by atoms with E-state index in [1.165, 1.54) is 23.5 Å². The zero-order valence-corrected chi connectivity index (χ0v) is 9.78. The molecule has 88 valence electrons. The molecule has 1 aromatic heterocycles. The predicted octanol–water partition coefficient (Wildman–Crippen LogP) is 2.81. The molecule has 0 saturated carbocycles. The third-order valence-corrected chi connectivity index (χ3v) is 3.71. The molecule has 2 atom stereocenters. The van der Waals surface area contributed by atoms with E-state index in [4.69, 9.17) is 10.5 Å².